The molecule has 2 aromatic heterocycles. The highest BCUT2D eigenvalue weighted by molar-refractivity contribution is 8.02. The second kappa shape index (κ2) is 7.91. The lowest BCUT2D eigenvalue weighted by Crippen LogP contribution is -2.11. The summed E-state index contributed by atoms with van der Waals surface area (Å²) >= 11 is 2.65. The van der Waals surface area contributed by atoms with Gasteiger partial charge in [0.25, 0.3) is 0 Å². The third kappa shape index (κ3) is 5.05. The van der Waals surface area contributed by atoms with Crippen molar-refractivity contribution in [3.63, 3.8) is 0 Å². The third-order valence-corrected chi connectivity index (χ3v) is 6.48. The Kier molecular flexibility index (Phi) is 5.87. The van der Waals surface area contributed by atoms with Gasteiger partial charge in [0, 0.05) is 10.9 Å². The van der Waals surface area contributed by atoms with Gasteiger partial charge in [-0.1, -0.05) is 11.8 Å². The van der Waals surface area contributed by atoms with E-state index in [9.17, 15) is 36.2 Å². The molecule has 2 heterocycles. The van der Waals surface area contributed by atoms with Crippen molar-refractivity contribution in [2.45, 2.75) is 21.9 Å². The highest BCUT2D eigenvalue weighted by atomic mass is 32.2. The molecule has 1 N–H and O–H groups in total. The van der Waals surface area contributed by atoms with E-state index in [0.29, 0.717) is 12.1 Å². The van der Waals surface area contributed by atoms with E-state index in [0.717, 1.165) is 34.4 Å². The quantitative estimate of drug-likeness (QED) is 0.385. The molecule has 0 amide bonds. The molecule has 0 bridgehead atoms. The molecule has 0 aliphatic carbocycles. The van der Waals surface area contributed by atoms with E-state index in [-0.39, 0.29) is 26.7 Å². The zero-order chi connectivity index (χ0) is 21.4. The molecule has 5 nitrogen and oxygen atoms in total. The van der Waals surface area contributed by atoms with Crippen molar-refractivity contribution in [3.8, 4) is 11.3 Å². The lowest BCUT2D eigenvalue weighted by Gasteiger charge is -2.13. The van der Waals surface area contributed by atoms with Gasteiger partial charge in [0.2, 0.25) is 0 Å². The van der Waals surface area contributed by atoms with Gasteiger partial charge < -0.3 is 5.11 Å². The minimum Gasteiger partial charge on any atom is -0.480 e. The summed E-state index contributed by atoms with van der Waals surface area (Å²) in [5.74, 6) is -1.23. The van der Waals surface area contributed by atoms with Gasteiger partial charge in [-0.15, -0.1) is 32.9 Å². The van der Waals surface area contributed by atoms with Gasteiger partial charge in [0.1, 0.15) is 10.5 Å². The topological polar surface area (TPSA) is 76.0 Å². The van der Waals surface area contributed by atoms with E-state index in [4.69, 9.17) is 0 Å². The van der Waals surface area contributed by atoms with Gasteiger partial charge in [-0.25, -0.2) is 4.98 Å². The lowest BCUT2D eigenvalue weighted by molar-refractivity contribution is -0.143. The Balaban J connectivity index is 1.96. The van der Waals surface area contributed by atoms with Crippen molar-refractivity contribution >= 4 is 40.4 Å². The number of carboxylic acids is 1. The van der Waals surface area contributed by atoms with Crippen LogP contribution < -0.4 is 0 Å². The number of carbonyl (C=O) groups is 1. The molecular weight excluding hydrogens is 464 g/mol. The van der Waals surface area contributed by atoms with Crippen molar-refractivity contribution in [2.75, 3.05) is 0 Å². The molecule has 0 saturated heterocycles. The molecule has 0 radical (unpaired) electrons. The molecule has 0 spiro atoms. The Bertz CT molecular complexity index is 985. The van der Waals surface area contributed by atoms with E-state index in [2.05, 4.69) is 15.2 Å². The minimum atomic E-state index is -4.98. The summed E-state index contributed by atoms with van der Waals surface area (Å²) in [7, 11) is 0. The van der Waals surface area contributed by atoms with Crippen LogP contribution in [-0.4, -0.2) is 26.3 Å². The number of alkyl halides is 6. The molecule has 3 aromatic rings. The predicted octanol–water partition coefficient (Wildman–Crippen LogP) is 5.62. The van der Waals surface area contributed by atoms with Crippen molar-refractivity contribution in [3.05, 3.63) is 45.2 Å². The molecule has 1 aromatic carbocycles. The minimum absolute atomic E-state index is 0.0292. The van der Waals surface area contributed by atoms with Crippen LogP contribution in [-0.2, 0) is 17.1 Å². The van der Waals surface area contributed by atoms with Gasteiger partial charge in [0.15, 0.2) is 9.59 Å². The number of thioether (sulfide) groups is 1. The van der Waals surface area contributed by atoms with Gasteiger partial charge in [-0.05, 0) is 18.2 Å². The Morgan fingerprint density at radius 1 is 1.03 bits per heavy atom. The van der Waals surface area contributed by atoms with E-state index in [1.807, 2.05) is 0 Å². The number of carboxylic acid groups (broad SMARTS) is 1. The number of halogens is 6. The summed E-state index contributed by atoms with van der Waals surface area (Å²) in [6.07, 6.45) is -9.95. The number of hydrogen-bond donors (Lipinski definition) is 1. The maximum absolute atomic E-state index is 13.0. The highest BCUT2D eigenvalue weighted by Crippen LogP contribution is 2.41. The highest BCUT2D eigenvalue weighted by Gasteiger charge is 2.37. The van der Waals surface area contributed by atoms with Crippen molar-refractivity contribution < 1.29 is 36.2 Å². The molecule has 29 heavy (non-hydrogen) atoms. The fourth-order valence-corrected chi connectivity index (χ4v) is 4.79. The fraction of sp³-hybridized carbons (Fsp3) is 0.200. The summed E-state index contributed by atoms with van der Waals surface area (Å²) < 4.78 is 78.2. The van der Waals surface area contributed by atoms with E-state index in [1.54, 1.807) is 0 Å². The molecule has 1 atom stereocenters. The molecule has 1 unspecified atom stereocenters. The van der Waals surface area contributed by atoms with Crippen LogP contribution in [0, 0.1) is 0 Å². The van der Waals surface area contributed by atoms with Crippen LogP contribution >= 0.6 is 34.4 Å². The standard InChI is InChI=1S/C15H7F6N3O2S3/c16-14(17,18)7-1-6(2-8(3-7)15(19,20)21)9-4-27-13(23-9)29-10(12(25)26)11-24-22-5-28-11/h1-5,10H,(H,25,26). The van der Waals surface area contributed by atoms with Gasteiger partial charge in [-0.3, -0.25) is 4.79 Å². The summed E-state index contributed by atoms with van der Waals surface area (Å²) in [6, 6.07) is 1.16. The zero-order valence-electron chi connectivity index (χ0n) is 13.7. The second-order valence-electron chi connectivity index (χ2n) is 5.41. The summed E-state index contributed by atoms with van der Waals surface area (Å²) in [4.78, 5) is 15.4. The summed E-state index contributed by atoms with van der Waals surface area (Å²) in [5, 5.41) is 16.8. The van der Waals surface area contributed by atoms with Crippen LogP contribution in [0.3, 0.4) is 0 Å². The number of rotatable bonds is 5. The number of aromatic nitrogens is 3. The Morgan fingerprint density at radius 2 is 1.66 bits per heavy atom. The summed E-state index contributed by atoms with van der Waals surface area (Å²) in [5.41, 5.74) is -2.09. The van der Waals surface area contributed by atoms with Crippen LogP contribution in [0.15, 0.2) is 33.4 Å². The SMILES string of the molecule is O=C(O)C(Sc1nc(-c2cc(C(F)(F)F)cc(C(F)(F)F)c2)cs1)c1nncs1. The normalized spacial score (nSPS) is 13.4. The van der Waals surface area contributed by atoms with Gasteiger partial charge in [0.05, 0.1) is 16.8 Å². The second-order valence-corrected chi connectivity index (χ2v) is 8.48. The molecular formula is C15H7F6N3O2S3. The molecule has 0 aliphatic rings. The largest absolute Gasteiger partial charge is 0.480 e. The first-order valence-electron chi connectivity index (χ1n) is 7.36. The van der Waals surface area contributed by atoms with Crippen molar-refractivity contribution in [1.29, 1.82) is 0 Å². The first-order valence-corrected chi connectivity index (χ1v) is 10.00. The first kappa shape index (κ1) is 21.5. The number of thiazole rings is 1. The van der Waals surface area contributed by atoms with Crippen LogP contribution in [0.25, 0.3) is 11.3 Å². The first-order chi connectivity index (χ1) is 13.4. The summed E-state index contributed by atoms with van der Waals surface area (Å²) in [6.45, 7) is 0. The maximum atomic E-state index is 13.0. The van der Waals surface area contributed by atoms with Gasteiger partial charge >= 0.3 is 18.3 Å². The lowest BCUT2D eigenvalue weighted by atomic mass is 10.0. The van der Waals surface area contributed by atoms with Crippen LogP contribution in [0.2, 0.25) is 0 Å². The molecule has 0 fully saturated rings. The average molecular weight is 471 g/mol. The third-order valence-electron chi connectivity index (χ3n) is 3.41. The van der Waals surface area contributed by atoms with Gasteiger partial charge in [-0.2, -0.15) is 26.3 Å². The van der Waals surface area contributed by atoms with Crippen molar-refractivity contribution in [1.82, 2.24) is 15.2 Å². The Hall–Kier alpha value is -2.19. The molecule has 154 valence electrons. The van der Waals surface area contributed by atoms with Crippen LogP contribution in [0.1, 0.15) is 21.4 Å². The number of hydrogen-bond acceptors (Lipinski definition) is 7. The van der Waals surface area contributed by atoms with Crippen molar-refractivity contribution in [2.24, 2.45) is 0 Å². The predicted molar refractivity (Wildman–Crippen MR) is 93.7 cm³/mol. The van der Waals surface area contributed by atoms with Crippen LogP contribution in [0.4, 0.5) is 26.3 Å². The number of benzene rings is 1. The smallest absolute Gasteiger partial charge is 0.416 e. The molecule has 3 rings (SSSR count). The van der Waals surface area contributed by atoms with E-state index >= 15 is 0 Å². The maximum Gasteiger partial charge on any atom is 0.416 e. The Labute approximate surface area is 170 Å². The van der Waals surface area contributed by atoms with E-state index in [1.165, 1.54) is 10.9 Å². The number of aliphatic carboxylic acids is 1. The molecule has 0 aliphatic heterocycles. The number of nitrogens with zero attached hydrogens (tertiary/aromatic N) is 3. The monoisotopic (exact) mass is 471 g/mol. The molecule has 14 heteroatoms. The zero-order valence-corrected chi connectivity index (χ0v) is 16.1. The van der Waals surface area contributed by atoms with Crippen LogP contribution in [0.5, 0.6) is 0 Å². The Morgan fingerprint density at radius 3 is 2.14 bits per heavy atom. The molecule has 0 saturated carbocycles. The fourth-order valence-electron chi connectivity index (χ4n) is 2.15. The van der Waals surface area contributed by atoms with E-state index < -0.39 is 34.7 Å². The average Bonchev–Trinajstić information content (AvgIpc) is 3.29.